The van der Waals surface area contributed by atoms with E-state index in [1.807, 2.05) is 19.9 Å². The second-order valence-electron chi connectivity index (χ2n) is 9.73. The monoisotopic (exact) mass is 531 g/mol. The third kappa shape index (κ3) is 4.93. The fraction of sp³-hybridized carbons (Fsp3) is 0.250. The van der Waals surface area contributed by atoms with E-state index in [0.29, 0.717) is 40.4 Å². The number of halogens is 3. The zero-order valence-electron chi connectivity index (χ0n) is 21.4. The highest BCUT2D eigenvalue weighted by Crippen LogP contribution is 2.40. The number of carbonyl (C=O) groups is 1. The highest BCUT2D eigenvalue weighted by molar-refractivity contribution is 6.10. The van der Waals surface area contributed by atoms with Crippen molar-refractivity contribution in [3.05, 3.63) is 77.1 Å². The maximum absolute atomic E-state index is 13.7. The number of amides is 1. The summed E-state index contributed by atoms with van der Waals surface area (Å²) >= 11 is 0. The van der Waals surface area contributed by atoms with Gasteiger partial charge in [-0.05, 0) is 59.0 Å². The lowest BCUT2D eigenvalue weighted by Crippen LogP contribution is -2.24. The lowest BCUT2D eigenvalue weighted by Gasteiger charge is -2.19. The average Bonchev–Trinajstić information content (AvgIpc) is 3.49. The number of hydrogen-bond donors (Lipinski definition) is 1. The number of hydrogen-bond acceptors (Lipinski definition) is 6. The van der Waals surface area contributed by atoms with Gasteiger partial charge in [-0.15, -0.1) is 10.2 Å². The summed E-state index contributed by atoms with van der Waals surface area (Å²) in [5, 5.41) is 20.9. The van der Waals surface area contributed by atoms with Gasteiger partial charge in [-0.25, -0.2) is 4.98 Å². The average molecular weight is 532 g/mol. The first-order valence-electron chi connectivity index (χ1n) is 12.2. The van der Waals surface area contributed by atoms with E-state index in [9.17, 15) is 23.2 Å². The van der Waals surface area contributed by atoms with E-state index in [4.69, 9.17) is 0 Å². The van der Waals surface area contributed by atoms with Crippen molar-refractivity contribution >= 4 is 17.5 Å². The van der Waals surface area contributed by atoms with Crippen LogP contribution in [0.4, 0.5) is 24.8 Å². The molecule has 0 radical (unpaired) electrons. The van der Waals surface area contributed by atoms with Gasteiger partial charge >= 0.3 is 6.18 Å². The van der Waals surface area contributed by atoms with Crippen LogP contribution in [-0.2, 0) is 19.8 Å². The Bertz CT molecular complexity index is 1620. The maximum Gasteiger partial charge on any atom is 0.416 e. The first-order chi connectivity index (χ1) is 18.6. The molecule has 3 heterocycles. The Morgan fingerprint density at radius 1 is 1.10 bits per heavy atom. The van der Waals surface area contributed by atoms with Crippen molar-refractivity contribution in [3.63, 3.8) is 0 Å². The number of benzene rings is 2. The molecule has 0 fully saturated rings. The summed E-state index contributed by atoms with van der Waals surface area (Å²) in [7, 11) is 1.78. The van der Waals surface area contributed by atoms with Crippen molar-refractivity contribution < 1.29 is 18.0 Å². The second kappa shape index (κ2) is 9.87. The molecule has 39 heavy (non-hydrogen) atoms. The van der Waals surface area contributed by atoms with Gasteiger partial charge < -0.3 is 9.88 Å². The molecule has 0 saturated carbocycles. The third-order valence-electron chi connectivity index (χ3n) is 6.46. The summed E-state index contributed by atoms with van der Waals surface area (Å²) in [5.41, 5.74) is 1.51. The van der Waals surface area contributed by atoms with E-state index < -0.39 is 17.6 Å². The predicted molar refractivity (Wildman–Crippen MR) is 140 cm³/mol. The van der Waals surface area contributed by atoms with Gasteiger partial charge in [0.2, 0.25) is 0 Å². The minimum absolute atomic E-state index is 0.00636. The zero-order chi connectivity index (χ0) is 27.9. The molecule has 0 bridgehead atoms. The van der Waals surface area contributed by atoms with E-state index in [1.165, 1.54) is 17.0 Å². The zero-order valence-corrected chi connectivity index (χ0v) is 21.4. The largest absolute Gasteiger partial charge is 0.416 e. The molecular weight excluding hydrogens is 507 g/mol. The predicted octanol–water partition coefficient (Wildman–Crippen LogP) is 5.66. The SMILES string of the molecule is CC(C)CNc1cc(-c2ccc(C#N)cc2-c2nncn2C)cc(N2Cc3c(cccc3C(F)(F)F)C2=O)n1. The van der Waals surface area contributed by atoms with Gasteiger partial charge in [-0.2, -0.15) is 18.4 Å². The number of aryl methyl sites for hydroxylation is 1. The van der Waals surface area contributed by atoms with Crippen LogP contribution in [0, 0.1) is 17.2 Å². The van der Waals surface area contributed by atoms with Crippen LogP contribution in [0.15, 0.2) is 54.9 Å². The number of nitriles is 1. The molecule has 2 aromatic carbocycles. The van der Waals surface area contributed by atoms with Crippen molar-refractivity contribution in [2.45, 2.75) is 26.6 Å². The highest BCUT2D eigenvalue weighted by atomic mass is 19.4. The van der Waals surface area contributed by atoms with Crippen LogP contribution < -0.4 is 10.2 Å². The quantitative estimate of drug-likeness (QED) is 0.345. The van der Waals surface area contributed by atoms with E-state index >= 15 is 0 Å². The van der Waals surface area contributed by atoms with Crippen molar-refractivity contribution in [3.8, 4) is 28.6 Å². The van der Waals surface area contributed by atoms with Crippen molar-refractivity contribution in [2.75, 3.05) is 16.8 Å². The van der Waals surface area contributed by atoms with E-state index in [1.54, 1.807) is 42.2 Å². The van der Waals surface area contributed by atoms with Gasteiger partial charge in [0.15, 0.2) is 5.82 Å². The number of carbonyl (C=O) groups excluding carboxylic acids is 1. The standard InChI is InChI=1S/C28H24F3N7O/c1-16(2)13-33-24-10-18(19-8-7-17(12-32)9-21(19)26-36-34-15-37(26)3)11-25(35-24)38-14-22-20(27(38)39)5-4-6-23(22)28(29,30)31/h4-11,15-16H,13-14H2,1-3H3,(H,33,35). The van der Waals surface area contributed by atoms with Crippen LogP contribution in [0.1, 0.15) is 40.9 Å². The molecule has 198 valence electrons. The number of nitrogens with one attached hydrogen (secondary N) is 1. The second-order valence-corrected chi connectivity index (χ2v) is 9.73. The van der Waals surface area contributed by atoms with Crippen LogP contribution in [0.25, 0.3) is 22.5 Å². The van der Waals surface area contributed by atoms with Gasteiger partial charge in [-0.3, -0.25) is 9.69 Å². The third-order valence-corrected chi connectivity index (χ3v) is 6.46. The Labute approximate surface area is 222 Å². The van der Waals surface area contributed by atoms with Crippen LogP contribution in [0.2, 0.25) is 0 Å². The lowest BCUT2D eigenvalue weighted by atomic mass is 9.97. The summed E-state index contributed by atoms with van der Waals surface area (Å²) in [6, 6.07) is 14.4. The first-order valence-corrected chi connectivity index (χ1v) is 12.2. The molecule has 5 rings (SSSR count). The molecule has 8 nitrogen and oxygen atoms in total. The molecule has 0 unspecified atom stereocenters. The van der Waals surface area contributed by atoms with E-state index in [2.05, 4.69) is 26.6 Å². The number of anilines is 2. The van der Waals surface area contributed by atoms with Gasteiger partial charge in [0, 0.05) is 24.7 Å². The highest BCUT2D eigenvalue weighted by Gasteiger charge is 2.40. The molecule has 1 amide bonds. The smallest absolute Gasteiger partial charge is 0.370 e. The summed E-state index contributed by atoms with van der Waals surface area (Å²) in [4.78, 5) is 19.2. The summed E-state index contributed by atoms with van der Waals surface area (Å²) < 4.78 is 42.8. The summed E-state index contributed by atoms with van der Waals surface area (Å²) in [6.45, 7) is 4.40. The van der Waals surface area contributed by atoms with Gasteiger partial charge in [0.1, 0.15) is 18.0 Å². The van der Waals surface area contributed by atoms with Crippen LogP contribution >= 0.6 is 0 Å². The topological polar surface area (TPSA) is 99.7 Å². The van der Waals surface area contributed by atoms with Gasteiger partial charge in [0.05, 0.1) is 23.7 Å². The van der Waals surface area contributed by atoms with Crippen molar-refractivity contribution in [1.29, 1.82) is 5.26 Å². The Kier molecular flexibility index (Phi) is 6.56. The molecule has 2 aromatic heterocycles. The molecule has 0 atom stereocenters. The number of nitrogens with zero attached hydrogens (tertiary/aromatic N) is 6. The number of alkyl halides is 3. The molecule has 1 aliphatic heterocycles. The van der Waals surface area contributed by atoms with Crippen LogP contribution in [-0.4, -0.2) is 32.2 Å². The molecular formula is C28H24F3N7O. The summed E-state index contributed by atoms with van der Waals surface area (Å²) in [5.74, 6) is 0.932. The van der Waals surface area contributed by atoms with Crippen molar-refractivity contribution in [1.82, 2.24) is 19.7 Å². The normalized spacial score (nSPS) is 13.1. The number of fused-ring (bicyclic) bond motifs is 1. The molecule has 11 heteroatoms. The minimum atomic E-state index is -4.59. The van der Waals surface area contributed by atoms with E-state index in [-0.39, 0.29) is 29.4 Å². The number of pyridine rings is 1. The molecule has 1 N–H and O–H groups in total. The van der Waals surface area contributed by atoms with Crippen molar-refractivity contribution in [2.24, 2.45) is 13.0 Å². The molecule has 0 spiro atoms. The van der Waals surface area contributed by atoms with Gasteiger partial charge in [0.25, 0.3) is 5.91 Å². The number of rotatable bonds is 6. The molecule has 1 aliphatic rings. The Balaban J connectivity index is 1.65. The van der Waals surface area contributed by atoms with Gasteiger partial charge in [-0.1, -0.05) is 26.0 Å². The van der Waals surface area contributed by atoms with Crippen LogP contribution in [0.5, 0.6) is 0 Å². The minimum Gasteiger partial charge on any atom is -0.370 e. The fourth-order valence-corrected chi connectivity index (χ4v) is 4.57. The Hall–Kier alpha value is -4.72. The summed E-state index contributed by atoms with van der Waals surface area (Å²) in [6.07, 6.45) is -3.04. The first kappa shape index (κ1) is 25.9. The lowest BCUT2D eigenvalue weighted by molar-refractivity contribution is -0.138. The molecule has 0 saturated heterocycles. The fourth-order valence-electron chi connectivity index (χ4n) is 4.57. The molecule has 0 aliphatic carbocycles. The number of aromatic nitrogens is 4. The maximum atomic E-state index is 13.7. The Morgan fingerprint density at radius 3 is 2.56 bits per heavy atom. The molecule has 4 aromatic rings. The van der Waals surface area contributed by atoms with Crippen LogP contribution in [0.3, 0.4) is 0 Å². The van der Waals surface area contributed by atoms with E-state index in [0.717, 1.165) is 6.07 Å². The Morgan fingerprint density at radius 2 is 1.90 bits per heavy atom.